The highest BCUT2D eigenvalue weighted by atomic mass is 32.1. The van der Waals surface area contributed by atoms with E-state index in [0.717, 1.165) is 29.0 Å². The van der Waals surface area contributed by atoms with Gasteiger partial charge in [-0.25, -0.2) is 0 Å². The van der Waals surface area contributed by atoms with Gasteiger partial charge in [-0.1, -0.05) is 12.1 Å². The molecule has 0 saturated heterocycles. The number of para-hydroxylation sites is 1. The van der Waals surface area contributed by atoms with E-state index in [1.807, 2.05) is 18.2 Å². The highest BCUT2D eigenvalue weighted by molar-refractivity contribution is 7.28. The van der Waals surface area contributed by atoms with E-state index in [4.69, 9.17) is 4.74 Å². The summed E-state index contributed by atoms with van der Waals surface area (Å²) in [5.41, 5.74) is 1.86. The first kappa shape index (κ1) is 12.1. The van der Waals surface area contributed by atoms with Gasteiger partial charge in [0, 0.05) is 9.40 Å². The van der Waals surface area contributed by atoms with Gasteiger partial charge in [0.05, 0.1) is 17.0 Å². The van der Waals surface area contributed by atoms with Gasteiger partial charge in [-0.2, -0.15) is 0 Å². The first-order valence-corrected chi connectivity index (χ1v) is 8.29. The lowest BCUT2D eigenvalue weighted by Gasteiger charge is -2.19. The summed E-state index contributed by atoms with van der Waals surface area (Å²) in [4.78, 5) is 13.5. The van der Waals surface area contributed by atoms with Crippen LogP contribution in [0.5, 0.6) is 5.75 Å². The fraction of sp³-hybridized carbons (Fsp3) is 0.188. The normalized spacial score (nSPS) is 14.0. The van der Waals surface area contributed by atoms with Crippen LogP contribution in [0.25, 0.3) is 9.40 Å². The SMILES string of the molecule is O=C(c1cc2sccc2s1)c1cccc2c1OCCC2. The Kier molecular flexibility index (Phi) is 2.86. The van der Waals surface area contributed by atoms with Crippen LogP contribution in [0.4, 0.5) is 0 Å². The summed E-state index contributed by atoms with van der Waals surface area (Å²) < 4.78 is 8.11. The van der Waals surface area contributed by atoms with E-state index in [-0.39, 0.29) is 5.78 Å². The van der Waals surface area contributed by atoms with Gasteiger partial charge in [0.15, 0.2) is 0 Å². The lowest BCUT2D eigenvalue weighted by molar-refractivity contribution is 0.103. The zero-order valence-electron chi connectivity index (χ0n) is 10.7. The molecule has 100 valence electrons. The van der Waals surface area contributed by atoms with Crippen LogP contribution in [-0.2, 0) is 6.42 Å². The highest BCUT2D eigenvalue weighted by Gasteiger charge is 2.21. The maximum absolute atomic E-state index is 12.7. The highest BCUT2D eigenvalue weighted by Crippen LogP contribution is 2.35. The van der Waals surface area contributed by atoms with Crippen molar-refractivity contribution in [2.75, 3.05) is 6.61 Å². The molecule has 0 spiro atoms. The lowest BCUT2D eigenvalue weighted by atomic mass is 9.99. The Morgan fingerprint density at radius 3 is 3.05 bits per heavy atom. The van der Waals surface area contributed by atoms with Gasteiger partial charge >= 0.3 is 0 Å². The predicted molar refractivity (Wildman–Crippen MR) is 83.4 cm³/mol. The van der Waals surface area contributed by atoms with Gasteiger partial charge in [-0.3, -0.25) is 4.79 Å². The summed E-state index contributed by atoms with van der Waals surface area (Å²) in [6.45, 7) is 0.705. The number of carbonyl (C=O) groups excluding carboxylic acids is 1. The maximum atomic E-state index is 12.7. The van der Waals surface area contributed by atoms with Crippen LogP contribution in [0.1, 0.15) is 27.2 Å². The fourth-order valence-electron chi connectivity index (χ4n) is 2.58. The van der Waals surface area contributed by atoms with E-state index < -0.39 is 0 Å². The number of ether oxygens (including phenoxy) is 1. The second-order valence-electron chi connectivity index (χ2n) is 4.83. The molecule has 1 aliphatic heterocycles. The van der Waals surface area contributed by atoms with E-state index in [0.29, 0.717) is 12.2 Å². The summed E-state index contributed by atoms with van der Waals surface area (Å²) in [7, 11) is 0. The smallest absolute Gasteiger partial charge is 0.206 e. The van der Waals surface area contributed by atoms with E-state index in [1.54, 1.807) is 22.7 Å². The third kappa shape index (κ3) is 1.87. The Hall–Kier alpha value is -1.65. The first-order valence-electron chi connectivity index (χ1n) is 6.59. The van der Waals surface area contributed by atoms with Gasteiger partial charge < -0.3 is 4.74 Å². The van der Waals surface area contributed by atoms with Crippen molar-refractivity contribution in [3.05, 3.63) is 51.7 Å². The van der Waals surface area contributed by atoms with Gasteiger partial charge in [0.1, 0.15) is 5.75 Å². The average Bonchev–Trinajstić information content (AvgIpc) is 3.07. The second kappa shape index (κ2) is 4.72. The molecule has 0 fully saturated rings. The molecular formula is C16H12O2S2. The predicted octanol–water partition coefficient (Wildman–Crippen LogP) is 4.52. The third-order valence-corrected chi connectivity index (χ3v) is 5.63. The van der Waals surface area contributed by atoms with Crippen molar-refractivity contribution in [3.8, 4) is 5.75 Å². The standard InChI is InChI=1S/C16H12O2S2/c17-15(14-9-13-12(20-14)6-8-19-13)11-5-1-3-10-4-2-7-18-16(10)11/h1,3,5-6,8-9H,2,4,7H2. The second-order valence-corrected chi connectivity index (χ2v) is 6.87. The van der Waals surface area contributed by atoms with Crippen LogP contribution < -0.4 is 4.74 Å². The van der Waals surface area contributed by atoms with Gasteiger partial charge in [0.2, 0.25) is 5.78 Å². The summed E-state index contributed by atoms with van der Waals surface area (Å²) in [5, 5.41) is 2.06. The zero-order chi connectivity index (χ0) is 13.5. The summed E-state index contributed by atoms with van der Waals surface area (Å²) >= 11 is 3.24. The van der Waals surface area contributed by atoms with Crippen molar-refractivity contribution in [1.29, 1.82) is 0 Å². The van der Waals surface area contributed by atoms with Crippen molar-refractivity contribution < 1.29 is 9.53 Å². The van der Waals surface area contributed by atoms with Crippen LogP contribution >= 0.6 is 22.7 Å². The molecule has 0 saturated carbocycles. The lowest BCUT2D eigenvalue weighted by Crippen LogP contribution is -2.12. The van der Waals surface area contributed by atoms with E-state index >= 15 is 0 Å². The average molecular weight is 300 g/mol. The molecule has 0 aliphatic carbocycles. The maximum Gasteiger partial charge on any atom is 0.206 e. The van der Waals surface area contributed by atoms with Gasteiger partial charge in [-0.05, 0) is 42.0 Å². The third-order valence-electron chi connectivity index (χ3n) is 3.54. The first-order chi connectivity index (χ1) is 9.83. The van der Waals surface area contributed by atoms with Crippen LogP contribution in [0.3, 0.4) is 0 Å². The van der Waals surface area contributed by atoms with Crippen LogP contribution in [-0.4, -0.2) is 12.4 Å². The van der Waals surface area contributed by atoms with Crippen LogP contribution in [0.2, 0.25) is 0 Å². The number of aryl methyl sites for hydroxylation is 1. The van der Waals surface area contributed by atoms with Crippen LogP contribution in [0.15, 0.2) is 35.7 Å². The molecule has 1 aliphatic rings. The molecule has 2 nitrogen and oxygen atoms in total. The number of thiophene rings is 2. The number of hydrogen-bond acceptors (Lipinski definition) is 4. The van der Waals surface area contributed by atoms with E-state index in [1.165, 1.54) is 9.40 Å². The molecule has 20 heavy (non-hydrogen) atoms. The number of fused-ring (bicyclic) bond motifs is 2. The number of hydrogen-bond donors (Lipinski definition) is 0. The van der Waals surface area contributed by atoms with Gasteiger partial charge in [0.25, 0.3) is 0 Å². The molecule has 2 aromatic heterocycles. The number of rotatable bonds is 2. The molecule has 3 aromatic rings. The largest absolute Gasteiger partial charge is 0.493 e. The Bertz CT molecular complexity index is 769. The minimum atomic E-state index is 0.0807. The Morgan fingerprint density at radius 1 is 1.20 bits per heavy atom. The minimum Gasteiger partial charge on any atom is -0.493 e. The number of ketones is 1. The molecule has 0 amide bonds. The molecule has 0 atom stereocenters. The monoisotopic (exact) mass is 300 g/mol. The zero-order valence-corrected chi connectivity index (χ0v) is 12.4. The number of benzene rings is 1. The summed E-state index contributed by atoms with van der Waals surface area (Å²) in [6.07, 6.45) is 2.02. The van der Waals surface area contributed by atoms with Crippen molar-refractivity contribution in [2.45, 2.75) is 12.8 Å². The molecular weight excluding hydrogens is 288 g/mol. The summed E-state index contributed by atoms with van der Waals surface area (Å²) in [5.74, 6) is 0.873. The topological polar surface area (TPSA) is 26.3 Å². The Morgan fingerprint density at radius 2 is 2.15 bits per heavy atom. The minimum absolute atomic E-state index is 0.0807. The molecule has 0 bridgehead atoms. The Balaban J connectivity index is 1.80. The Labute approximate surface area is 124 Å². The van der Waals surface area contributed by atoms with E-state index in [2.05, 4.69) is 17.5 Å². The molecule has 1 aromatic carbocycles. The van der Waals surface area contributed by atoms with Crippen molar-refractivity contribution >= 4 is 37.9 Å². The van der Waals surface area contributed by atoms with E-state index in [9.17, 15) is 4.79 Å². The van der Waals surface area contributed by atoms with Crippen molar-refractivity contribution in [3.63, 3.8) is 0 Å². The van der Waals surface area contributed by atoms with Crippen LogP contribution in [0, 0.1) is 0 Å². The van der Waals surface area contributed by atoms with Crippen molar-refractivity contribution in [2.24, 2.45) is 0 Å². The number of carbonyl (C=O) groups is 1. The molecule has 0 unspecified atom stereocenters. The molecule has 4 rings (SSSR count). The summed E-state index contributed by atoms with van der Waals surface area (Å²) in [6, 6.07) is 9.95. The van der Waals surface area contributed by atoms with Crippen molar-refractivity contribution in [1.82, 2.24) is 0 Å². The fourth-order valence-corrected chi connectivity index (χ4v) is 4.64. The molecule has 3 heterocycles. The molecule has 4 heteroatoms. The van der Waals surface area contributed by atoms with Gasteiger partial charge in [-0.15, -0.1) is 22.7 Å². The molecule has 0 N–H and O–H groups in total. The molecule has 0 radical (unpaired) electrons. The quantitative estimate of drug-likeness (QED) is 0.650.